The van der Waals surface area contributed by atoms with Crippen LogP contribution >= 0.6 is 11.3 Å². The lowest BCUT2D eigenvalue weighted by Crippen LogP contribution is -1.96. The Morgan fingerprint density at radius 3 is 2.74 bits per heavy atom. The molecule has 0 saturated carbocycles. The second-order valence-corrected chi connectivity index (χ2v) is 6.36. The predicted molar refractivity (Wildman–Crippen MR) is 91.8 cm³/mol. The van der Waals surface area contributed by atoms with Gasteiger partial charge in [-0.1, -0.05) is 53.8 Å². The molecule has 23 heavy (non-hydrogen) atoms. The van der Waals surface area contributed by atoms with Crippen molar-refractivity contribution in [2.24, 2.45) is 0 Å². The predicted octanol–water partition coefficient (Wildman–Crippen LogP) is 4.35. The molecule has 2 aromatic carbocycles. The Bertz CT molecular complexity index is 912. The molecule has 0 saturated heterocycles. The number of aryl methyl sites for hydroxylation is 1. The molecule has 0 fully saturated rings. The van der Waals surface area contributed by atoms with E-state index in [0.29, 0.717) is 6.61 Å². The molecular formula is C18H15N3OS. The van der Waals surface area contributed by atoms with Gasteiger partial charge in [0.05, 0.1) is 11.9 Å². The Hall–Kier alpha value is -2.66. The lowest BCUT2D eigenvalue weighted by molar-refractivity contribution is 0.304. The van der Waals surface area contributed by atoms with E-state index in [0.717, 1.165) is 27.0 Å². The van der Waals surface area contributed by atoms with Crippen molar-refractivity contribution in [3.05, 3.63) is 71.4 Å². The lowest BCUT2D eigenvalue weighted by Gasteiger charge is -2.03. The summed E-state index contributed by atoms with van der Waals surface area (Å²) in [7, 11) is 0. The van der Waals surface area contributed by atoms with Gasteiger partial charge < -0.3 is 4.74 Å². The van der Waals surface area contributed by atoms with Crippen molar-refractivity contribution in [1.29, 1.82) is 0 Å². The number of aromatic nitrogens is 3. The van der Waals surface area contributed by atoms with Crippen LogP contribution in [0.5, 0.6) is 5.75 Å². The number of hydrogen-bond acceptors (Lipinski definition) is 4. The highest BCUT2D eigenvalue weighted by Gasteiger charge is 2.10. The first-order valence-corrected chi connectivity index (χ1v) is 8.19. The Morgan fingerprint density at radius 1 is 1.09 bits per heavy atom. The molecule has 0 spiro atoms. The van der Waals surface area contributed by atoms with E-state index >= 15 is 0 Å². The van der Waals surface area contributed by atoms with E-state index in [9.17, 15) is 0 Å². The number of hydrogen-bond donors (Lipinski definition) is 0. The van der Waals surface area contributed by atoms with Gasteiger partial charge >= 0.3 is 0 Å². The third-order valence-corrected chi connectivity index (χ3v) is 4.40. The minimum absolute atomic E-state index is 0.456. The Balaban J connectivity index is 1.53. The summed E-state index contributed by atoms with van der Waals surface area (Å²) in [6.07, 6.45) is 1.96. The van der Waals surface area contributed by atoms with Crippen LogP contribution in [0, 0.1) is 6.92 Å². The van der Waals surface area contributed by atoms with Gasteiger partial charge in [-0.15, -0.1) is 0 Å². The Labute approximate surface area is 138 Å². The van der Waals surface area contributed by atoms with Crippen molar-refractivity contribution in [1.82, 2.24) is 14.6 Å². The van der Waals surface area contributed by atoms with E-state index in [2.05, 4.69) is 23.1 Å². The molecule has 0 aliphatic rings. The summed E-state index contributed by atoms with van der Waals surface area (Å²) in [6.45, 7) is 2.51. The van der Waals surface area contributed by atoms with Crippen molar-refractivity contribution >= 4 is 16.3 Å². The third-order valence-electron chi connectivity index (χ3n) is 3.51. The highest BCUT2D eigenvalue weighted by atomic mass is 32.1. The van der Waals surface area contributed by atoms with E-state index in [-0.39, 0.29) is 0 Å². The first-order chi connectivity index (χ1) is 11.3. The maximum absolute atomic E-state index is 5.79. The maximum Gasteiger partial charge on any atom is 0.212 e. The average Bonchev–Trinajstić information content (AvgIpc) is 3.12. The van der Waals surface area contributed by atoms with Crippen LogP contribution in [-0.4, -0.2) is 14.6 Å². The highest BCUT2D eigenvalue weighted by Crippen LogP contribution is 2.23. The number of rotatable bonds is 4. The molecule has 0 aliphatic heterocycles. The molecule has 0 bridgehead atoms. The molecule has 4 aromatic rings. The number of fused-ring (bicyclic) bond motifs is 1. The van der Waals surface area contributed by atoms with Gasteiger partial charge in [0.25, 0.3) is 0 Å². The molecule has 0 radical (unpaired) electrons. The van der Waals surface area contributed by atoms with Crippen molar-refractivity contribution in [3.63, 3.8) is 0 Å². The van der Waals surface area contributed by atoms with Gasteiger partial charge in [-0.25, -0.2) is 9.50 Å². The lowest BCUT2D eigenvalue weighted by atomic mass is 10.2. The van der Waals surface area contributed by atoms with Crippen LogP contribution in [-0.2, 0) is 6.61 Å². The fraction of sp³-hybridized carbons (Fsp3) is 0.111. The topological polar surface area (TPSA) is 39.4 Å². The zero-order chi connectivity index (χ0) is 15.6. The smallest absolute Gasteiger partial charge is 0.212 e. The normalized spacial score (nSPS) is 11.0. The number of imidazole rings is 1. The van der Waals surface area contributed by atoms with Gasteiger partial charge in [0.1, 0.15) is 12.4 Å². The van der Waals surface area contributed by atoms with Gasteiger partial charge in [0.15, 0.2) is 5.01 Å². The summed E-state index contributed by atoms with van der Waals surface area (Å²) in [5.41, 5.74) is 3.22. The summed E-state index contributed by atoms with van der Waals surface area (Å²) >= 11 is 1.55. The molecule has 2 aromatic heterocycles. The standard InChI is InChI=1S/C18H15N3OS/c1-13-6-5-9-15(10-13)22-12-17-20-21-11-16(19-18(21)23-17)14-7-3-2-4-8-14/h2-11H,12H2,1H3. The summed E-state index contributed by atoms with van der Waals surface area (Å²) in [4.78, 5) is 5.52. The minimum atomic E-state index is 0.456. The second-order valence-electron chi connectivity index (χ2n) is 5.32. The van der Waals surface area contributed by atoms with Crippen molar-refractivity contribution in [2.75, 3.05) is 0 Å². The zero-order valence-electron chi connectivity index (χ0n) is 12.6. The molecule has 0 atom stereocenters. The third kappa shape index (κ3) is 2.96. The SMILES string of the molecule is Cc1cccc(OCc2nn3cc(-c4ccccc4)nc3s2)c1. The number of benzene rings is 2. The van der Waals surface area contributed by atoms with Crippen LogP contribution in [0.1, 0.15) is 10.6 Å². The first-order valence-electron chi connectivity index (χ1n) is 7.38. The van der Waals surface area contributed by atoms with Crippen LogP contribution in [0.4, 0.5) is 0 Å². The van der Waals surface area contributed by atoms with Crippen LogP contribution in [0.15, 0.2) is 60.8 Å². The van der Waals surface area contributed by atoms with Crippen LogP contribution in [0.3, 0.4) is 0 Å². The fourth-order valence-corrected chi connectivity index (χ4v) is 3.19. The van der Waals surface area contributed by atoms with Crippen molar-refractivity contribution in [3.8, 4) is 17.0 Å². The van der Waals surface area contributed by atoms with E-state index in [1.165, 1.54) is 5.56 Å². The largest absolute Gasteiger partial charge is 0.486 e. The molecule has 4 nitrogen and oxygen atoms in total. The summed E-state index contributed by atoms with van der Waals surface area (Å²) in [6, 6.07) is 18.1. The molecule has 114 valence electrons. The monoisotopic (exact) mass is 321 g/mol. The summed E-state index contributed by atoms with van der Waals surface area (Å²) in [5, 5.41) is 5.45. The molecule has 5 heteroatoms. The van der Waals surface area contributed by atoms with Crippen molar-refractivity contribution in [2.45, 2.75) is 13.5 Å². The van der Waals surface area contributed by atoms with E-state index in [1.54, 1.807) is 11.3 Å². The van der Waals surface area contributed by atoms with Crippen LogP contribution < -0.4 is 4.74 Å². The Kier molecular flexibility index (Phi) is 3.55. The fourth-order valence-electron chi connectivity index (χ4n) is 2.40. The van der Waals surface area contributed by atoms with Gasteiger partial charge in [0, 0.05) is 5.56 Å². The van der Waals surface area contributed by atoms with Gasteiger partial charge in [-0.05, 0) is 24.6 Å². The summed E-state index contributed by atoms with van der Waals surface area (Å²) in [5.74, 6) is 0.864. The Morgan fingerprint density at radius 2 is 1.96 bits per heavy atom. The van der Waals surface area contributed by atoms with E-state index in [1.807, 2.05) is 59.2 Å². The highest BCUT2D eigenvalue weighted by molar-refractivity contribution is 7.16. The van der Waals surface area contributed by atoms with Crippen LogP contribution in [0.2, 0.25) is 0 Å². The molecule has 0 N–H and O–H groups in total. The van der Waals surface area contributed by atoms with Gasteiger partial charge in [-0.2, -0.15) is 5.10 Å². The van der Waals surface area contributed by atoms with Crippen LogP contribution in [0.25, 0.3) is 16.2 Å². The second kappa shape index (κ2) is 5.85. The number of nitrogens with zero attached hydrogens (tertiary/aromatic N) is 3. The molecule has 2 heterocycles. The molecule has 0 amide bonds. The summed E-state index contributed by atoms with van der Waals surface area (Å²) < 4.78 is 7.61. The first kappa shape index (κ1) is 14.0. The van der Waals surface area contributed by atoms with Gasteiger partial charge in [0.2, 0.25) is 4.96 Å². The quantitative estimate of drug-likeness (QED) is 0.561. The molecule has 0 unspecified atom stereocenters. The van der Waals surface area contributed by atoms with Crippen molar-refractivity contribution < 1.29 is 4.74 Å². The number of ether oxygens (including phenoxy) is 1. The van der Waals surface area contributed by atoms with E-state index in [4.69, 9.17) is 4.74 Å². The molecule has 0 aliphatic carbocycles. The zero-order valence-corrected chi connectivity index (χ0v) is 13.5. The molecular weight excluding hydrogens is 306 g/mol. The maximum atomic E-state index is 5.79. The average molecular weight is 321 g/mol. The van der Waals surface area contributed by atoms with Gasteiger partial charge in [-0.3, -0.25) is 0 Å². The molecule has 4 rings (SSSR count). The minimum Gasteiger partial charge on any atom is -0.486 e. The van der Waals surface area contributed by atoms with E-state index < -0.39 is 0 Å².